The number of nitrogens with zero attached hydrogens (tertiary/aromatic N) is 1. The van der Waals surface area contributed by atoms with Crippen LogP contribution in [0.15, 0.2) is 42.6 Å². The number of hydrogen-bond donors (Lipinski definition) is 2. The SMILES string of the molecule is CC(C)C(=O)Nc1ccc(Nc2ccc(C(C)C)cc2)cn1. The lowest BCUT2D eigenvalue weighted by Gasteiger charge is -2.10. The molecule has 0 saturated carbocycles. The zero-order valence-electron chi connectivity index (χ0n) is 13.6. The fourth-order valence-corrected chi connectivity index (χ4v) is 1.93. The van der Waals surface area contributed by atoms with Crippen LogP contribution < -0.4 is 10.6 Å². The summed E-state index contributed by atoms with van der Waals surface area (Å²) in [6.07, 6.45) is 1.71. The third-order valence-corrected chi connectivity index (χ3v) is 3.41. The van der Waals surface area contributed by atoms with Crippen molar-refractivity contribution in [2.24, 2.45) is 5.92 Å². The fourth-order valence-electron chi connectivity index (χ4n) is 1.93. The van der Waals surface area contributed by atoms with Gasteiger partial charge in [0.1, 0.15) is 5.82 Å². The maximum atomic E-state index is 11.6. The Kier molecular flexibility index (Phi) is 5.15. The highest BCUT2D eigenvalue weighted by molar-refractivity contribution is 5.91. The van der Waals surface area contributed by atoms with Crippen LogP contribution in [-0.2, 0) is 4.79 Å². The molecule has 0 saturated heterocycles. The predicted octanol–water partition coefficient (Wildman–Crippen LogP) is 4.54. The molecular weight excluding hydrogens is 274 g/mol. The molecule has 2 rings (SSSR count). The minimum Gasteiger partial charge on any atom is -0.354 e. The van der Waals surface area contributed by atoms with Crippen molar-refractivity contribution in [3.05, 3.63) is 48.2 Å². The van der Waals surface area contributed by atoms with Crippen molar-refractivity contribution in [3.63, 3.8) is 0 Å². The number of pyridine rings is 1. The Morgan fingerprint density at radius 2 is 1.59 bits per heavy atom. The number of aromatic nitrogens is 1. The molecule has 0 unspecified atom stereocenters. The summed E-state index contributed by atoms with van der Waals surface area (Å²) < 4.78 is 0. The Balaban J connectivity index is 2.00. The summed E-state index contributed by atoms with van der Waals surface area (Å²) in [7, 11) is 0. The first kappa shape index (κ1) is 16.0. The lowest BCUT2D eigenvalue weighted by Crippen LogP contribution is -2.18. The molecule has 1 aromatic heterocycles. The Morgan fingerprint density at radius 3 is 2.09 bits per heavy atom. The van der Waals surface area contributed by atoms with Crippen LogP contribution in [0, 0.1) is 5.92 Å². The number of carbonyl (C=O) groups excluding carboxylic acids is 1. The van der Waals surface area contributed by atoms with E-state index in [1.54, 1.807) is 12.3 Å². The monoisotopic (exact) mass is 297 g/mol. The summed E-state index contributed by atoms with van der Waals surface area (Å²) >= 11 is 0. The summed E-state index contributed by atoms with van der Waals surface area (Å²) in [5, 5.41) is 6.07. The van der Waals surface area contributed by atoms with Crippen molar-refractivity contribution in [1.29, 1.82) is 0 Å². The van der Waals surface area contributed by atoms with E-state index >= 15 is 0 Å². The van der Waals surface area contributed by atoms with Gasteiger partial charge in [0.2, 0.25) is 5.91 Å². The van der Waals surface area contributed by atoms with Gasteiger partial charge >= 0.3 is 0 Å². The maximum absolute atomic E-state index is 11.6. The molecule has 4 heteroatoms. The molecule has 0 atom stereocenters. The van der Waals surface area contributed by atoms with Gasteiger partial charge in [-0.2, -0.15) is 0 Å². The second-order valence-corrected chi connectivity index (χ2v) is 5.98. The van der Waals surface area contributed by atoms with Crippen LogP contribution in [0.2, 0.25) is 0 Å². The van der Waals surface area contributed by atoms with Crippen molar-refractivity contribution in [3.8, 4) is 0 Å². The normalized spacial score (nSPS) is 10.8. The third-order valence-electron chi connectivity index (χ3n) is 3.41. The Morgan fingerprint density at radius 1 is 0.955 bits per heavy atom. The molecule has 0 aliphatic rings. The summed E-state index contributed by atoms with van der Waals surface area (Å²) in [5.41, 5.74) is 3.22. The number of amides is 1. The molecule has 1 heterocycles. The molecule has 0 bridgehead atoms. The van der Waals surface area contributed by atoms with Gasteiger partial charge in [0.15, 0.2) is 0 Å². The van der Waals surface area contributed by atoms with E-state index in [9.17, 15) is 4.79 Å². The van der Waals surface area contributed by atoms with E-state index in [1.165, 1.54) is 5.56 Å². The van der Waals surface area contributed by atoms with Gasteiger partial charge in [0, 0.05) is 11.6 Å². The standard InChI is InChI=1S/C18H23N3O/c1-12(2)14-5-7-15(8-6-14)20-16-9-10-17(19-11-16)21-18(22)13(3)4/h5-13,20H,1-4H3,(H,19,21,22). The molecule has 4 nitrogen and oxygen atoms in total. The van der Waals surface area contributed by atoms with Crippen molar-refractivity contribution >= 4 is 23.1 Å². The maximum Gasteiger partial charge on any atom is 0.228 e. The van der Waals surface area contributed by atoms with E-state index in [0.29, 0.717) is 11.7 Å². The van der Waals surface area contributed by atoms with Crippen LogP contribution in [-0.4, -0.2) is 10.9 Å². The molecule has 0 aliphatic heterocycles. The average molecular weight is 297 g/mol. The summed E-state index contributed by atoms with van der Waals surface area (Å²) in [6.45, 7) is 8.06. The minimum absolute atomic E-state index is 0.0301. The molecule has 1 aromatic carbocycles. The van der Waals surface area contributed by atoms with Crippen LogP contribution in [0.3, 0.4) is 0 Å². The highest BCUT2D eigenvalue weighted by Crippen LogP contribution is 2.20. The number of benzene rings is 1. The predicted molar refractivity (Wildman–Crippen MR) is 91.5 cm³/mol. The topological polar surface area (TPSA) is 54.0 Å². The smallest absolute Gasteiger partial charge is 0.228 e. The molecule has 0 radical (unpaired) electrons. The van der Waals surface area contributed by atoms with Gasteiger partial charge in [-0.3, -0.25) is 4.79 Å². The lowest BCUT2D eigenvalue weighted by atomic mass is 10.0. The van der Waals surface area contributed by atoms with Gasteiger partial charge < -0.3 is 10.6 Å². The highest BCUT2D eigenvalue weighted by Gasteiger charge is 2.07. The number of hydrogen-bond acceptors (Lipinski definition) is 3. The van der Waals surface area contributed by atoms with Crippen LogP contribution in [0.25, 0.3) is 0 Å². The summed E-state index contributed by atoms with van der Waals surface area (Å²) in [6, 6.07) is 12.1. The minimum atomic E-state index is -0.0564. The van der Waals surface area contributed by atoms with Crippen molar-refractivity contribution in [2.75, 3.05) is 10.6 Å². The van der Waals surface area contributed by atoms with Crippen LogP contribution in [0.4, 0.5) is 17.2 Å². The van der Waals surface area contributed by atoms with Crippen molar-refractivity contribution < 1.29 is 4.79 Å². The average Bonchev–Trinajstić information content (AvgIpc) is 2.49. The van der Waals surface area contributed by atoms with E-state index in [4.69, 9.17) is 0 Å². The van der Waals surface area contributed by atoms with Gasteiger partial charge in [0.05, 0.1) is 11.9 Å². The van der Waals surface area contributed by atoms with Crippen LogP contribution in [0.1, 0.15) is 39.2 Å². The molecule has 2 N–H and O–H groups in total. The van der Waals surface area contributed by atoms with Crippen molar-refractivity contribution in [2.45, 2.75) is 33.6 Å². The van der Waals surface area contributed by atoms with Gasteiger partial charge in [-0.15, -0.1) is 0 Å². The second-order valence-electron chi connectivity index (χ2n) is 5.98. The largest absolute Gasteiger partial charge is 0.354 e. The molecular formula is C18H23N3O. The van der Waals surface area contributed by atoms with Crippen LogP contribution >= 0.6 is 0 Å². The Bertz CT molecular complexity index is 616. The molecule has 2 aromatic rings. The Hall–Kier alpha value is -2.36. The van der Waals surface area contributed by atoms with Gasteiger partial charge in [0.25, 0.3) is 0 Å². The summed E-state index contributed by atoms with van der Waals surface area (Å²) in [5.74, 6) is 1.01. The van der Waals surface area contributed by atoms with Gasteiger partial charge in [-0.1, -0.05) is 39.8 Å². The van der Waals surface area contributed by atoms with Crippen LogP contribution in [0.5, 0.6) is 0 Å². The van der Waals surface area contributed by atoms with Gasteiger partial charge in [-0.25, -0.2) is 4.98 Å². The first-order chi connectivity index (χ1) is 10.5. The fraction of sp³-hybridized carbons (Fsp3) is 0.333. The number of anilines is 3. The van der Waals surface area contributed by atoms with E-state index in [2.05, 4.69) is 53.7 Å². The number of rotatable bonds is 5. The lowest BCUT2D eigenvalue weighted by molar-refractivity contribution is -0.118. The van der Waals surface area contributed by atoms with E-state index < -0.39 is 0 Å². The van der Waals surface area contributed by atoms with E-state index in [0.717, 1.165) is 11.4 Å². The quantitative estimate of drug-likeness (QED) is 0.851. The molecule has 22 heavy (non-hydrogen) atoms. The highest BCUT2D eigenvalue weighted by atomic mass is 16.1. The second kappa shape index (κ2) is 7.07. The zero-order valence-corrected chi connectivity index (χ0v) is 13.6. The number of carbonyl (C=O) groups is 1. The zero-order chi connectivity index (χ0) is 16.1. The van der Waals surface area contributed by atoms with Crippen molar-refractivity contribution in [1.82, 2.24) is 4.98 Å². The molecule has 0 fully saturated rings. The van der Waals surface area contributed by atoms with Gasteiger partial charge in [-0.05, 0) is 35.7 Å². The van der Waals surface area contributed by atoms with E-state index in [-0.39, 0.29) is 11.8 Å². The molecule has 116 valence electrons. The first-order valence-electron chi connectivity index (χ1n) is 7.59. The number of nitrogens with one attached hydrogen (secondary N) is 2. The Labute approximate surface area is 132 Å². The molecule has 1 amide bonds. The van der Waals surface area contributed by atoms with E-state index in [1.807, 2.05) is 19.9 Å². The first-order valence-corrected chi connectivity index (χ1v) is 7.59. The molecule has 0 spiro atoms. The third kappa shape index (κ3) is 4.32. The summed E-state index contributed by atoms with van der Waals surface area (Å²) in [4.78, 5) is 15.9. The molecule has 0 aliphatic carbocycles.